The van der Waals surface area contributed by atoms with E-state index in [-0.39, 0.29) is 0 Å². The van der Waals surface area contributed by atoms with Gasteiger partial charge in [-0.2, -0.15) is 0 Å². The Labute approximate surface area is 105 Å². The maximum atomic E-state index is 5.71. The summed E-state index contributed by atoms with van der Waals surface area (Å²) >= 11 is 0. The third-order valence-corrected chi connectivity index (χ3v) is 2.85. The molecule has 0 aromatic carbocycles. The summed E-state index contributed by atoms with van der Waals surface area (Å²) in [6.07, 6.45) is 2.86. The molecule has 4 nitrogen and oxygen atoms in total. The summed E-state index contributed by atoms with van der Waals surface area (Å²) in [6.45, 7) is 10.2. The SMILES string of the molecule is CCOCCO[C@H]1C[C@H](OCCNC(C)C)C1. The van der Waals surface area contributed by atoms with Crippen LogP contribution in [0.1, 0.15) is 33.6 Å². The van der Waals surface area contributed by atoms with Crippen molar-refractivity contribution in [2.75, 3.05) is 33.0 Å². The molecule has 0 aromatic rings. The third kappa shape index (κ3) is 6.99. The van der Waals surface area contributed by atoms with Gasteiger partial charge in [0, 0.05) is 19.2 Å². The van der Waals surface area contributed by atoms with Crippen molar-refractivity contribution in [1.82, 2.24) is 5.32 Å². The topological polar surface area (TPSA) is 39.7 Å². The van der Waals surface area contributed by atoms with E-state index in [0.717, 1.165) is 32.6 Å². The van der Waals surface area contributed by atoms with E-state index in [1.807, 2.05) is 6.92 Å². The molecule has 4 heteroatoms. The minimum Gasteiger partial charge on any atom is -0.379 e. The van der Waals surface area contributed by atoms with Crippen LogP contribution in [0.5, 0.6) is 0 Å². The Bertz CT molecular complexity index is 182. The molecular formula is C13H27NO3. The van der Waals surface area contributed by atoms with Crippen molar-refractivity contribution in [2.24, 2.45) is 0 Å². The van der Waals surface area contributed by atoms with Crippen molar-refractivity contribution in [1.29, 1.82) is 0 Å². The molecule has 0 amide bonds. The van der Waals surface area contributed by atoms with E-state index in [1.165, 1.54) is 0 Å². The lowest BCUT2D eigenvalue weighted by atomic mass is 9.92. The maximum absolute atomic E-state index is 5.71. The first-order valence-electron chi connectivity index (χ1n) is 6.76. The average Bonchev–Trinajstić information content (AvgIpc) is 2.23. The van der Waals surface area contributed by atoms with E-state index in [1.54, 1.807) is 0 Å². The number of rotatable bonds is 10. The van der Waals surface area contributed by atoms with Crippen LogP contribution < -0.4 is 5.32 Å². The minimum atomic E-state index is 0.388. The van der Waals surface area contributed by atoms with Gasteiger partial charge in [-0.25, -0.2) is 0 Å². The second kappa shape index (κ2) is 8.86. The van der Waals surface area contributed by atoms with E-state index < -0.39 is 0 Å². The molecular weight excluding hydrogens is 218 g/mol. The van der Waals surface area contributed by atoms with Gasteiger partial charge < -0.3 is 19.5 Å². The van der Waals surface area contributed by atoms with Gasteiger partial charge in [-0.15, -0.1) is 0 Å². The Morgan fingerprint density at radius 1 is 1.06 bits per heavy atom. The van der Waals surface area contributed by atoms with Gasteiger partial charge in [0.2, 0.25) is 0 Å². The first-order chi connectivity index (χ1) is 8.22. The molecule has 1 rings (SSSR count). The van der Waals surface area contributed by atoms with Crippen LogP contribution in [-0.2, 0) is 14.2 Å². The fraction of sp³-hybridized carbons (Fsp3) is 1.00. The molecule has 102 valence electrons. The molecule has 17 heavy (non-hydrogen) atoms. The predicted octanol–water partition coefficient (Wildman–Crippen LogP) is 1.59. The molecule has 1 N–H and O–H groups in total. The van der Waals surface area contributed by atoms with Gasteiger partial charge in [0.1, 0.15) is 0 Å². The summed E-state index contributed by atoms with van der Waals surface area (Å²) in [6, 6.07) is 0.537. The van der Waals surface area contributed by atoms with E-state index in [4.69, 9.17) is 14.2 Å². The zero-order chi connectivity index (χ0) is 12.5. The van der Waals surface area contributed by atoms with Gasteiger partial charge >= 0.3 is 0 Å². The summed E-state index contributed by atoms with van der Waals surface area (Å²) in [5.74, 6) is 0. The number of ether oxygens (including phenoxy) is 3. The van der Waals surface area contributed by atoms with Crippen molar-refractivity contribution in [3.8, 4) is 0 Å². The van der Waals surface area contributed by atoms with Crippen molar-refractivity contribution in [3.63, 3.8) is 0 Å². The highest BCUT2D eigenvalue weighted by Gasteiger charge is 2.30. The van der Waals surface area contributed by atoms with Gasteiger partial charge in [0.15, 0.2) is 0 Å². The molecule has 0 aromatic heterocycles. The normalized spacial score (nSPS) is 24.0. The summed E-state index contributed by atoms with van der Waals surface area (Å²) in [7, 11) is 0. The Morgan fingerprint density at radius 3 is 2.29 bits per heavy atom. The van der Waals surface area contributed by atoms with E-state index in [9.17, 15) is 0 Å². The summed E-state index contributed by atoms with van der Waals surface area (Å²) in [4.78, 5) is 0. The monoisotopic (exact) mass is 245 g/mol. The standard InChI is InChI=1S/C13H27NO3/c1-4-15-7-8-17-13-9-12(10-13)16-6-5-14-11(2)3/h11-14H,4-10H2,1-3H3/t12-,13-. The lowest BCUT2D eigenvalue weighted by molar-refractivity contribution is -0.108. The molecule has 0 radical (unpaired) electrons. The van der Waals surface area contributed by atoms with Crippen LogP contribution in [0.15, 0.2) is 0 Å². The highest BCUT2D eigenvalue weighted by Crippen LogP contribution is 2.25. The van der Waals surface area contributed by atoms with E-state index in [0.29, 0.717) is 31.5 Å². The van der Waals surface area contributed by atoms with Gasteiger partial charge in [-0.1, -0.05) is 13.8 Å². The quantitative estimate of drug-likeness (QED) is 0.593. The summed E-state index contributed by atoms with van der Waals surface area (Å²) in [5, 5.41) is 3.34. The predicted molar refractivity (Wildman–Crippen MR) is 68.3 cm³/mol. The molecule has 0 aliphatic heterocycles. The Morgan fingerprint density at radius 2 is 1.71 bits per heavy atom. The van der Waals surface area contributed by atoms with Crippen molar-refractivity contribution in [3.05, 3.63) is 0 Å². The van der Waals surface area contributed by atoms with Crippen molar-refractivity contribution in [2.45, 2.75) is 51.9 Å². The second-order valence-corrected chi connectivity index (χ2v) is 4.76. The smallest absolute Gasteiger partial charge is 0.0704 e. The van der Waals surface area contributed by atoms with Crippen LogP contribution >= 0.6 is 0 Å². The fourth-order valence-corrected chi connectivity index (χ4v) is 1.78. The zero-order valence-electron chi connectivity index (χ0n) is 11.4. The van der Waals surface area contributed by atoms with E-state index >= 15 is 0 Å². The minimum absolute atomic E-state index is 0.388. The van der Waals surface area contributed by atoms with Crippen LogP contribution in [0.3, 0.4) is 0 Å². The molecule has 0 saturated heterocycles. The largest absolute Gasteiger partial charge is 0.379 e. The molecule has 0 atom stereocenters. The highest BCUT2D eigenvalue weighted by atomic mass is 16.5. The van der Waals surface area contributed by atoms with Crippen LogP contribution in [0, 0.1) is 0 Å². The summed E-state index contributed by atoms with van der Waals surface area (Å²) in [5.41, 5.74) is 0. The Kier molecular flexibility index (Phi) is 7.77. The average molecular weight is 245 g/mol. The summed E-state index contributed by atoms with van der Waals surface area (Å²) < 4.78 is 16.6. The first-order valence-corrected chi connectivity index (χ1v) is 6.76. The third-order valence-electron chi connectivity index (χ3n) is 2.85. The van der Waals surface area contributed by atoms with Crippen LogP contribution in [0.25, 0.3) is 0 Å². The highest BCUT2D eigenvalue weighted by molar-refractivity contribution is 4.81. The van der Waals surface area contributed by atoms with Gasteiger partial charge in [0.05, 0.1) is 32.0 Å². The molecule has 0 bridgehead atoms. The van der Waals surface area contributed by atoms with E-state index in [2.05, 4.69) is 19.2 Å². The lowest BCUT2D eigenvalue weighted by Gasteiger charge is -2.35. The maximum Gasteiger partial charge on any atom is 0.0704 e. The van der Waals surface area contributed by atoms with Gasteiger partial charge in [0.25, 0.3) is 0 Å². The molecule has 0 unspecified atom stereocenters. The van der Waals surface area contributed by atoms with Crippen LogP contribution in [0.4, 0.5) is 0 Å². The molecule has 1 saturated carbocycles. The Balaban J connectivity index is 1.83. The molecule has 1 fully saturated rings. The van der Waals surface area contributed by atoms with Crippen molar-refractivity contribution >= 4 is 0 Å². The fourth-order valence-electron chi connectivity index (χ4n) is 1.78. The molecule has 0 spiro atoms. The lowest BCUT2D eigenvalue weighted by Crippen LogP contribution is -2.39. The zero-order valence-corrected chi connectivity index (χ0v) is 11.4. The molecule has 0 heterocycles. The second-order valence-electron chi connectivity index (χ2n) is 4.76. The van der Waals surface area contributed by atoms with Crippen molar-refractivity contribution < 1.29 is 14.2 Å². The van der Waals surface area contributed by atoms with Crippen LogP contribution in [0.2, 0.25) is 0 Å². The number of nitrogens with one attached hydrogen (secondary N) is 1. The number of hydrogen-bond acceptors (Lipinski definition) is 4. The molecule has 1 aliphatic rings. The van der Waals surface area contributed by atoms with Gasteiger partial charge in [-0.05, 0) is 19.8 Å². The first kappa shape index (κ1) is 14.9. The molecule has 1 aliphatic carbocycles. The number of hydrogen-bond donors (Lipinski definition) is 1. The van der Waals surface area contributed by atoms with Crippen LogP contribution in [-0.4, -0.2) is 51.2 Å². The van der Waals surface area contributed by atoms with Gasteiger partial charge in [-0.3, -0.25) is 0 Å². The Hall–Kier alpha value is -0.160.